The van der Waals surface area contributed by atoms with Gasteiger partial charge in [-0.05, 0) is 43.7 Å². The van der Waals surface area contributed by atoms with Crippen LogP contribution in [0.1, 0.15) is 29.6 Å². The average Bonchev–Trinajstić information content (AvgIpc) is 3.38. The van der Waals surface area contributed by atoms with E-state index in [1.165, 1.54) is 4.70 Å². The maximum Gasteiger partial charge on any atom is 0.152 e. The Morgan fingerprint density at radius 1 is 1.17 bits per heavy atom. The van der Waals surface area contributed by atoms with Crippen LogP contribution in [0.5, 0.6) is 0 Å². The number of nitriles is 1. The number of aliphatic hydroxyl groups is 1. The highest BCUT2D eigenvalue weighted by atomic mass is 32.1. The number of likely N-dealkylation sites (tertiary alicyclic amines) is 1. The van der Waals surface area contributed by atoms with Crippen molar-refractivity contribution in [3.05, 3.63) is 65.1 Å². The first-order valence-corrected chi connectivity index (χ1v) is 10.9. The van der Waals surface area contributed by atoms with E-state index in [0.29, 0.717) is 18.3 Å². The standard InChI is InChI=1S/C23H21N5OS/c24-12-16(22-25-17-7-1-2-8-18(17)26-22)20(29)14-28-11-5-6-15(13-28)23-27-19-9-3-4-10-21(19)30-23/h1-4,7-10,15,29H,5-6,11,13-14H2,(H,25,26)/b20-16-/t15-/m1/s1. The summed E-state index contributed by atoms with van der Waals surface area (Å²) >= 11 is 1.76. The fourth-order valence-electron chi connectivity index (χ4n) is 4.08. The van der Waals surface area contributed by atoms with Crippen molar-refractivity contribution in [3.8, 4) is 6.07 Å². The van der Waals surface area contributed by atoms with Crippen LogP contribution in [0.2, 0.25) is 0 Å². The van der Waals surface area contributed by atoms with Gasteiger partial charge in [-0.2, -0.15) is 5.26 Å². The van der Waals surface area contributed by atoms with Gasteiger partial charge in [0.1, 0.15) is 17.4 Å². The zero-order valence-corrected chi connectivity index (χ0v) is 17.2. The minimum Gasteiger partial charge on any atom is -0.509 e. The zero-order chi connectivity index (χ0) is 20.5. The molecular formula is C23H21N5OS. The number of H-pyrrole nitrogens is 1. The van der Waals surface area contributed by atoms with Crippen molar-refractivity contribution in [3.63, 3.8) is 0 Å². The summed E-state index contributed by atoms with van der Waals surface area (Å²) in [5, 5.41) is 21.6. The Kier molecular flexibility index (Phi) is 4.95. The van der Waals surface area contributed by atoms with Gasteiger partial charge < -0.3 is 10.1 Å². The molecular weight excluding hydrogens is 394 g/mol. The first-order chi connectivity index (χ1) is 14.7. The van der Waals surface area contributed by atoms with E-state index < -0.39 is 0 Å². The summed E-state index contributed by atoms with van der Waals surface area (Å²) in [5.74, 6) is 0.818. The number of hydrogen-bond acceptors (Lipinski definition) is 6. The Morgan fingerprint density at radius 3 is 2.77 bits per heavy atom. The Bertz CT molecular complexity index is 1220. The van der Waals surface area contributed by atoms with Crippen molar-refractivity contribution in [2.45, 2.75) is 18.8 Å². The fourth-order valence-corrected chi connectivity index (χ4v) is 5.17. The molecule has 1 atom stereocenters. The number of aromatic nitrogens is 3. The lowest BCUT2D eigenvalue weighted by atomic mass is 9.98. The van der Waals surface area contributed by atoms with Gasteiger partial charge in [0.15, 0.2) is 5.82 Å². The number of thiazole rings is 1. The first kappa shape index (κ1) is 18.8. The number of benzene rings is 2. The van der Waals surface area contributed by atoms with E-state index in [1.807, 2.05) is 36.4 Å². The predicted molar refractivity (Wildman–Crippen MR) is 119 cm³/mol. The lowest BCUT2D eigenvalue weighted by Gasteiger charge is -2.31. The third-order valence-electron chi connectivity index (χ3n) is 5.57. The first-order valence-electron chi connectivity index (χ1n) is 10.1. The zero-order valence-electron chi connectivity index (χ0n) is 16.4. The van der Waals surface area contributed by atoms with Gasteiger partial charge in [-0.3, -0.25) is 4.90 Å². The van der Waals surface area contributed by atoms with Crippen LogP contribution >= 0.6 is 11.3 Å². The highest BCUT2D eigenvalue weighted by Gasteiger charge is 2.25. The van der Waals surface area contributed by atoms with Crippen LogP contribution in [0.3, 0.4) is 0 Å². The van der Waals surface area contributed by atoms with Crippen molar-refractivity contribution in [2.75, 3.05) is 19.6 Å². The molecule has 2 N–H and O–H groups in total. The second kappa shape index (κ2) is 7.90. The quantitative estimate of drug-likeness (QED) is 0.368. The molecule has 150 valence electrons. The number of imidazole rings is 1. The van der Waals surface area contributed by atoms with Gasteiger partial charge in [0.2, 0.25) is 0 Å². The number of nitrogens with one attached hydrogen (secondary N) is 1. The molecule has 1 aliphatic heterocycles. The number of aliphatic hydroxyl groups excluding tert-OH is 1. The maximum absolute atomic E-state index is 10.8. The summed E-state index contributed by atoms with van der Waals surface area (Å²) in [6.07, 6.45) is 2.13. The number of hydrogen-bond donors (Lipinski definition) is 2. The second-order valence-electron chi connectivity index (χ2n) is 7.63. The number of aromatic amines is 1. The monoisotopic (exact) mass is 415 g/mol. The Hall–Kier alpha value is -3.21. The molecule has 4 aromatic rings. The summed E-state index contributed by atoms with van der Waals surface area (Å²) in [5.41, 5.74) is 2.88. The number of nitrogens with zero attached hydrogens (tertiary/aromatic N) is 4. The van der Waals surface area contributed by atoms with Crippen molar-refractivity contribution < 1.29 is 5.11 Å². The van der Waals surface area contributed by atoms with Gasteiger partial charge in [0, 0.05) is 12.5 Å². The van der Waals surface area contributed by atoms with Crippen LogP contribution < -0.4 is 0 Å². The van der Waals surface area contributed by atoms with Crippen LogP contribution in [0.25, 0.3) is 26.8 Å². The SMILES string of the molecule is N#C/C(=C(/O)CN1CCC[C@@H](c2nc3ccccc3s2)C1)c1nc2ccccc2[nH]1. The van der Waals surface area contributed by atoms with Gasteiger partial charge >= 0.3 is 0 Å². The normalized spacial score (nSPS) is 18.4. The van der Waals surface area contributed by atoms with Gasteiger partial charge in [-0.15, -0.1) is 11.3 Å². The third kappa shape index (κ3) is 3.56. The Morgan fingerprint density at radius 2 is 1.97 bits per heavy atom. The Labute approximate surface area is 178 Å². The molecule has 30 heavy (non-hydrogen) atoms. The van der Waals surface area contributed by atoms with Gasteiger partial charge in [0.05, 0.1) is 32.8 Å². The molecule has 0 bridgehead atoms. The minimum atomic E-state index is 0.0570. The molecule has 0 radical (unpaired) electrons. The van der Waals surface area contributed by atoms with E-state index in [2.05, 4.69) is 33.1 Å². The van der Waals surface area contributed by atoms with E-state index in [0.717, 1.165) is 47.5 Å². The van der Waals surface area contributed by atoms with E-state index in [4.69, 9.17) is 4.98 Å². The molecule has 1 aliphatic rings. The number of para-hydroxylation sites is 3. The van der Waals surface area contributed by atoms with Crippen molar-refractivity contribution in [2.24, 2.45) is 0 Å². The lowest BCUT2D eigenvalue weighted by Crippen LogP contribution is -2.36. The number of fused-ring (bicyclic) bond motifs is 2. The molecule has 0 aliphatic carbocycles. The summed E-state index contributed by atoms with van der Waals surface area (Å²) < 4.78 is 1.21. The summed E-state index contributed by atoms with van der Waals surface area (Å²) in [6.45, 7) is 2.05. The summed E-state index contributed by atoms with van der Waals surface area (Å²) in [7, 11) is 0. The number of piperidine rings is 1. The fraction of sp³-hybridized carbons (Fsp3) is 0.261. The van der Waals surface area contributed by atoms with E-state index in [9.17, 15) is 10.4 Å². The summed E-state index contributed by atoms with van der Waals surface area (Å²) in [4.78, 5) is 14.6. The van der Waals surface area contributed by atoms with Crippen LogP contribution in [0, 0.1) is 11.3 Å². The highest BCUT2D eigenvalue weighted by Crippen LogP contribution is 2.33. The summed E-state index contributed by atoms with van der Waals surface area (Å²) in [6, 6.07) is 18.0. The molecule has 0 saturated carbocycles. The molecule has 0 unspecified atom stereocenters. The van der Waals surface area contributed by atoms with Crippen LogP contribution in [-0.4, -0.2) is 44.6 Å². The van der Waals surface area contributed by atoms with Crippen LogP contribution in [0.4, 0.5) is 0 Å². The largest absolute Gasteiger partial charge is 0.509 e. The third-order valence-corrected chi connectivity index (χ3v) is 6.76. The smallest absolute Gasteiger partial charge is 0.152 e. The van der Waals surface area contributed by atoms with Gasteiger partial charge in [-0.25, -0.2) is 9.97 Å². The number of allylic oxidation sites excluding steroid dienone is 1. The van der Waals surface area contributed by atoms with Crippen molar-refractivity contribution >= 4 is 38.2 Å². The minimum absolute atomic E-state index is 0.0570. The lowest BCUT2D eigenvalue weighted by molar-refractivity contribution is 0.198. The van der Waals surface area contributed by atoms with Gasteiger partial charge in [0.25, 0.3) is 0 Å². The highest BCUT2D eigenvalue weighted by molar-refractivity contribution is 7.18. The molecule has 7 heteroatoms. The maximum atomic E-state index is 10.8. The molecule has 0 spiro atoms. The van der Waals surface area contributed by atoms with Crippen molar-refractivity contribution in [1.29, 1.82) is 5.26 Å². The molecule has 0 amide bonds. The van der Waals surface area contributed by atoms with Crippen molar-refractivity contribution in [1.82, 2.24) is 19.9 Å². The number of rotatable bonds is 4. The second-order valence-corrected chi connectivity index (χ2v) is 8.69. The van der Waals surface area contributed by atoms with Crippen LogP contribution in [0.15, 0.2) is 54.3 Å². The molecule has 2 aromatic heterocycles. The molecule has 2 aromatic carbocycles. The van der Waals surface area contributed by atoms with Gasteiger partial charge in [-0.1, -0.05) is 24.3 Å². The van der Waals surface area contributed by atoms with E-state index in [-0.39, 0.29) is 11.3 Å². The molecule has 1 saturated heterocycles. The van der Waals surface area contributed by atoms with Crippen LogP contribution in [-0.2, 0) is 0 Å². The molecule has 6 nitrogen and oxygen atoms in total. The topological polar surface area (TPSA) is 88.8 Å². The van der Waals surface area contributed by atoms with E-state index >= 15 is 0 Å². The molecule has 5 rings (SSSR count). The predicted octanol–water partition coefficient (Wildman–Crippen LogP) is 4.84. The Balaban J connectivity index is 1.36. The molecule has 3 heterocycles. The van der Waals surface area contributed by atoms with E-state index in [1.54, 1.807) is 11.3 Å². The average molecular weight is 416 g/mol. The molecule has 1 fully saturated rings.